The predicted molar refractivity (Wildman–Crippen MR) is 111 cm³/mol. The smallest absolute Gasteiger partial charge is 0.326 e. The third kappa shape index (κ3) is 4.20. The van der Waals surface area contributed by atoms with E-state index in [4.69, 9.17) is 12.2 Å². The summed E-state index contributed by atoms with van der Waals surface area (Å²) in [5.74, 6) is -0.884. The second-order valence-electron chi connectivity index (χ2n) is 6.58. The van der Waals surface area contributed by atoms with E-state index in [1.807, 2.05) is 61.2 Å². The molecule has 0 aliphatic heterocycles. The van der Waals surface area contributed by atoms with Gasteiger partial charge in [-0.05, 0) is 62.8 Å². The van der Waals surface area contributed by atoms with E-state index in [9.17, 15) is 9.90 Å². The first kappa shape index (κ1) is 19.6. The molecule has 0 radical (unpaired) electrons. The Morgan fingerprint density at radius 3 is 2.75 bits per heavy atom. The summed E-state index contributed by atoms with van der Waals surface area (Å²) in [4.78, 5) is 13.5. The number of aliphatic carboxylic acids is 1. The number of aromatic amines is 1. The molecular formula is C19H22N6O2S. The zero-order valence-corrected chi connectivity index (χ0v) is 16.7. The van der Waals surface area contributed by atoms with Gasteiger partial charge < -0.3 is 15.3 Å². The summed E-state index contributed by atoms with van der Waals surface area (Å²) in [6, 6.07) is 12.8. The average molecular weight is 398 g/mol. The number of aryl methyl sites for hydroxylation is 2. The molecule has 1 unspecified atom stereocenters. The number of carbonyl (C=O) groups is 1. The Balaban J connectivity index is 1.85. The molecule has 1 aromatic heterocycles. The second-order valence-corrected chi connectivity index (χ2v) is 6.94. The Morgan fingerprint density at radius 1 is 1.32 bits per heavy atom. The van der Waals surface area contributed by atoms with Gasteiger partial charge in [-0.2, -0.15) is 5.21 Å². The molecule has 1 atom stereocenters. The molecule has 3 rings (SSSR count). The Hall–Kier alpha value is -3.20. The fourth-order valence-corrected chi connectivity index (χ4v) is 3.18. The van der Waals surface area contributed by atoms with Gasteiger partial charge in [0.2, 0.25) is 4.77 Å². The van der Waals surface area contributed by atoms with Crippen molar-refractivity contribution in [3.8, 4) is 5.69 Å². The van der Waals surface area contributed by atoms with Crippen LogP contribution in [-0.4, -0.2) is 44.0 Å². The summed E-state index contributed by atoms with van der Waals surface area (Å²) in [7, 11) is 0. The van der Waals surface area contributed by atoms with Crippen LogP contribution < -0.4 is 10.2 Å². The normalized spacial score (nSPS) is 11.8. The lowest BCUT2D eigenvalue weighted by Crippen LogP contribution is -2.42. The van der Waals surface area contributed by atoms with Gasteiger partial charge >= 0.3 is 5.97 Å². The van der Waals surface area contributed by atoms with Crippen molar-refractivity contribution in [2.75, 3.05) is 16.9 Å². The highest BCUT2D eigenvalue weighted by atomic mass is 32.1. The number of nitrogens with zero attached hydrogens (tertiary/aromatic N) is 4. The van der Waals surface area contributed by atoms with Crippen LogP contribution in [0.3, 0.4) is 0 Å². The molecule has 0 bridgehead atoms. The van der Waals surface area contributed by atoms with E-state index in [1.165, 1.54) is 0 Å². The van der Waals surface area contributed by atoms with Crippen LogP contribution in [0.5, 0.6) is 0 Å². The van der Waals surface area contributed by atoms with Gasteiger partial charge in [-0.25, -0.2) is 9.48 Å². The third-order valence-electron chi connectivity index (χ3n) is 4.52. The number of tetrazole rings is 1. The predicted octanol–water partition coefficient (Wildman–Crippen LogP) is 3.29. The fourth-order valence-electron chi connectivity index (χ4n) is 2.99. The van der Waals surface area contributed by atoms with Gasteiger partial charge in [0.1, 0.15) is 6.04 Å². The summed E-state index contributed by atoms with van der Waals surface area (Å²) < 4.78 is 1.91. The number of carboxylic acid groups (broad SMARTS) is 1. The largest absolute Gasteiger partial charge is 0.480 e. The molecule has 1 heterocycles. The van der Waals surface area contributed by atoms with Gasteiger partial charge in [0.05, 0.1) is 12.4 Å². The summed E-state index contributed by atoms with van der Waals surface area (Å²) in [6.07, 6.45) is 0. The Morgan fingerprint density at radius 2 is 2.11 bits per heavy atom. The first-order valence-electron chi connectivity index (χ1n) is 8.78. The van der Waals surface area contributed by atoms with E-state index in [2.05, 4.69) is 20.8 Å². The van der Waals surface area contributed by atoms with Crippen molar-refractivity contribution < 1.29 is 9.90 Å². The van der Waals surface area contributed by atoms with E-state index < -0.39 is 12.0 Å². The topological polar surface area (TPSA) is 99.1 Å². The lowest BCUT2D eigenvalue weighted by atomic mass is 10.1. The summed E-state index contributed by atoms with van der Waals surface area (Å²) in [5.41, 5.74) is 4.64. The van der Waals surface area contributed by atoms with Crippen molar-refractivity contribution in [3.05, 3.63) is 58.4 Å². The molecule has 2 aromatic carbocycles. The van der Waals surface area contributed by atoms with Crippen LogP contribution in [0, 0.1) is 18.6 Å². The van der Waals surface area contributed by atoms with E-state index in [-0.39, 0.29) is 0 Å². The maximum absolute atomic E-state index is 11.6. The minimum absolute atomic E-state index is 0.327. The molecular weight excluding hydrogens is 376 g/mol. The minimum Gasteiger partial charge on any atom is -0.480 e. The number of benzene rings is 2. The van der Waals surface area contributed by atoms with Gasteiger partial charge in [0.25, 0.3) is 0 Å². The number of aromatic nitrogens is 4. The second kappa shape index (κ2) is 8.22. The maximum Gasteiger partial charge on any atom is 0.326 e. The van der Waals surface area contributed by atoms with Crippen LogP contribution in [0.1, 0.15) is 18.1 Å². The van der Waals surface area contributed by atoms with Gasteiger partial charge in [-0.15, -0.1) is 0 Å². The molecule has 9 heteroatoms. The van der Waals surface area contributed by atoms with Crippen molar-refractivity contribution in [2.45, 2.75) is 26.8 Å². The average Bonchev–Trinajstić information content (AvgIpc) is 3.09. The highest BCUT2D eigenvalue weighted by molar-refractivity contribution is 7.71. The molecule has 0 saturated heterocycles. The molecule has 146 valence electrons. The van der Waals surface area contributed by atoms with E-state index >= 15 is 0 Å². The molecule has 0 amide bonds. The molecule has 28 heavy (non-hydrogen) atoms. The SMILES string of the molecule is Cc1ccc(N(CNc2cccc(-n3[nH]nnc3=S)c2)C(C)C(=O)O)c(C)c1. The quantitative estimate of drug-likeness (QED) is 0.415. The lowest BCUT2D eigenvalue weighted by Gasteiger charge is -2.31. The minimum atomic E-state index is -0.884. The molecule has 0 aliphatic rings. The fraction of sp³-hybridized carbons (Fsp3) is 0.263. The number of hydrogen-bond acceptors (Lipinski definition) is 6. The van der Waals surface area contributed by atoms with Gasteiger partial charge in [-0.1, -0.05) is 34.1 Å². The van der Waals surface area contributed by atoms with Crippen LogP contribution in [0.15, 0.2) is 42.5 Å². The molecule has 0 aliphatic carbocycles. The third-order valence-corrected chi connectivity index (χ3v) is 4.78. The number of carboxylic acids is 1. The van der Waals surface area contributed by atoms with Crippen LogP contribution in [0.4, 0.5) is 11.4 Å². The van der Waals surface area contributed by atoms with Gasteiger partial charge in [0.15, 0.2) is 0 Å². The lowest BCUT2D eigenvalue weighted by molar-refractivity contribution is -0.138. The number of nitrogens with one attached hydrogen (secondary N) is 2. The van der Waals surface area contributed by atoms with Crippen LogP contribution in [-0.2, 0) is 4.79 Å². The number of rotatable bonds is 7. The molecule has 0 spiro atoms. The molecule has 8 nitrogen and oxygen atoms in total. The van der Waals surface area contributed by atoms with Gasteiger partial charge in [-0.3, -0.25) is 0 Å². The monoisotopic (exact) mass is 398 g/mol. The Bertz CT molecular complexity index is 1040. The van der Waals surface area contributed by atoms with Crippen LogP contribution >= 0.6 is 12.2 Å². The summed E-state index contributed by atoms with van der Waals surface area (Å²) in [5, 5.41) is 23.0. The van der Waals surface area contributed by atoms with Crippen molar-refractivity contribution in [1.29, 1.82) is 0 Å². The van der Waals surface area contributed by atoms with Crippen LogP contribution in [0.2, 0.25) is 0 Å². The summed E-state index contributed by atoms with van der Waals surface area (Å²) in [6.45, 7) is 6.00. The van der Waals surface area contributed by atoms with Crippen molar-refractivity contribution in [2.24, 2.45) is 0 Å². The summed E-state index contributed by atoms with van der Waals surface area (Å²) >= 11 is 5.13. The highest BCUT2D eigenvalue weighted by Gasteiger charge is 2.22. The molecule has 0 saturated carbocycles. The zero-order chi connectivity index (χ0) is 20.3. The number of hydrogen-bond donors (Lipinski definition) is 3. The van der Waals surface area contributed by atoms with E-state index in [1.54, 1.807) is 11.6 Å². The number of H-pyrrole nitrogens is 1. The standard InChI is InChI=1S/C19H22N6O2S/c1-12-7-8-17(13(2)9-12)24(14(3)18(26)27)11-20-15-5-4-6-16(10-15)25-19(28)21-22-23-25/h4-10,14,20H,11H2,1-3H3,(H,26,27)(H,21,23,28). The zero-order valence-electron chi connectivity index (χ0n) is 15.9. The van der Waals surface area contributed by atoms with Gasteiger partial charge in [0, 0.05) is 11.4 Å². The van der Waals surface area contributed by atoms with Crippen molar-refractivity contribution in [1.82, 2.24) is 20.2 Å². The van der Waals surface area contributed by atoms with Crippen LogP contribution in [0.25, 0.3) is 5.69 Å². The molecule has 3 N–H and O–H groups in total. The van der Waals surface area contributed by atoms with Crippen molar-refractivity contribution >= 4 is 29.6 Å². The number of anilines is 2. The van der Waals surface area contributed by atoms with E-state index in [0.29, 0.717) is 11.4 Å². The first-order chi connectivity index (χ1) is 13.4. The molecule has 3 aromatic rings. The first-order valence-corrected chi connectivity index (χ1v) is 9.19. The van der Waals surface area contributed by atoms with Crippen molar-refractivity contribution in [3.63, 3.8) is 0 Å². The Labute approximate surface area is 167 Å². The highest BCUT2D eigenvalue weighted by Crippen LogP contribution is 2.24. The maximum atomic E-state index is 11.6. The van der Waals surface area contributed by atoms with E-state index in [0.717, 1.165) is 28.2 Å². The molecule has 0 fully saturated rings. The Kier molecular flexibility index (Phi) is 5.74.